The van der Waals surface area contributed by atoms with E-state index >= 15 is 0 Å². The van der Waals surface area contributed by atoms with Crippen molar-refractivity contribution in [2.24, 2.45) is 17.8 Å². The summed E-state index contributed by atoms with van der Waals surface area (Å²) < 4.78 is 5.63. The minimum Gasteiger partial charge on any atom is -0.505 e. The average Bonchev–Trinajstić information content (AvgIpc) is 0.806. The van der Waals surface area contributed by atoms with Gasteiger partial charge in [-0.15, -0.1) is 0 Å². The number of aliphatic hydroxyl groups excluding tert-OH is 3. The predicted octanol–water partition coefficient (Wildman–Crippen LogP) is 1.52. The van der Waals surface area contributed by atoms with Crippen LogP contribution in [0.2, 0.25) is 0 Å². The summed E-state index contributed by atoms with van der Waals surface area (Å²) in [4.78, 5) is 186. The minimum atomic E-state index is -1.42. The molecule has 18 atom stereocenters. The quantitative estimate of drug-likeness (QED) is 0.0542. The standard InChI is InChI=1S/C31H36N6O6.C30H34N6O6.C30H33N5O7/c1-18-27(39)22(15-21-11-7-13-32-17-21)35-29(41)25(36-30(42)26-24(38)12-8-14-33-26)19(2)34-28(40)23(37(3)31(18)43)16-20-9-5-4-6-10-20;1-17-26(38)21(15-20-10-6-12-31-16-20)34-29(41)24(36-30(42)25-23(37)11-7-13-32-25)18(2)33-28(40)22(35-27(17)39)14-19-8-4-3-5-9-19;1-17-26(37)21(14-20-10-6-12-31-16-20)34-28(39)24(35-29(40)25-22(36)11-7-13-32-25)18(2)33-27(38)23(42-30(17)41)15-19-8-4-3-5-9-19/h4-14,17-19,22-23,25,27,38-39H,15-16H2,1-3H3,(H,34,40)(H,35,41)(H,36,42);3-13,16-18,21-22,24,26,37-38H,14-15H2,1-2H3,(H,33,40)(H,34,41)(H,35,39)(H,36,42);3-13,16-18,21,23-24,26,36-37H,14-15H2,1-2H3,(H,33,38)(H,34,39)(H,35,40)/t18-,19-,22+,23?,25+,27+;17-,18-,21+,22?,24+,26+;17-,18-,21+,23?,24+,26+/m111/s1. The van der Waals surface area contributed by atoms with Gasteiger partial charge in [0.25, 0.3) is 23.6 Å². The lowest BCUT2D eigenvalue weighted by atomic mass is 9.90. The molecule has 0 aliphatic carbocycles. The lowest BCUT2D eigenvalue weighted by Gasteiger charge is -2.37. The second-order valence-corrected chi connectivity index (χ2v) is 31.3. The van der Waals surface area contributed by atoms with Gasteiger partial charge in [0.15, 0.2) is 23.2 Å². The van der Waals surface area contributed by atoms with Crippen molar-refractivity contribution in [1.29, 1.82) is 0 Å². The molecule has 3 aliphatic rings. The average molecular weight is 1740 g/mol. The van der Waals surface area contributed by atoms with Gasteiger partial charge in [0.2, 0.25) is 41.4 Å². The van der Waals surface area contributed by atoms with E-state index < -0.39 is 185 Å². The molecular formula is C91H103N17O19. The number of aliphatic hydroxyl groups is 3. The summed E-state index contributed by atoms with van der Waals surface area (Å²) in [7, 11) is 1.51. The molecule has 666 valence electrons. The number of ether oxygens (including phenoxy) is 1. The van der Waals surface area contributed by atoms with E-state index in [-0.39, 0.29) is 67.1 Å². The monoisotopic (exact) mass is 1740 g/mol. The van der Waals surface area contributed by atoms with Crippen LogP contribution in [-0.2, 0) is 86.4 Å². The first-order chi connectivity index (χ1) is 60.8. The maximum atomic E-state index is 13.8. The molecule has 3 saturated heterocycles. The lowest BCUT2D eigenvalue weighted by Crippen LogP contribution is -2.64. The van der Waals surface area contributed by atoms with E-state index in [1.165, 1.54) is 94.6 Å². The van der Waals surface area contributed by atoms with Gasteiger partial charge in [0.1, 0.15) is 47.5 Å². The van der Waals surface area contributed by atoms with Crippen molar-refractivity contribution >= 4 is 70.9 Å². The molecule has 9 heterocycles. The molecule has 0 radical (unpaired) electrons. The molecule has 9 aromatic rings. The van der Waals surface area contributed by atoms with Crippen molar-refractivity contribution < 1.29 is 92.9 Å². The molecule has 12 rings (SSSR count). The second-order valence-electron chi connectivity index (χ2n) is 31.3. The van der Waals surface area contributed by atoms with Gasteiger partial charge >= 0.3 is 5.97 Å². The summed E-state index contributed by atoms with van der Waals surface area (Å²) in [6, 6.07) is 33.9. The zero-order valence-corrected chi connectivity index (χ0v) is 70.5. The van der Waals surface area contributed by atoms with Crippen LogP contribution in [0.4, 0.5) is 0 Å². The molecule has 127 heavy (non-hydrogen) atoms. The topological polar surface area (TPSA) is 536 Å². The Morgan fingerprint density at radius 3 is 1.06 bits per heavy atom. The number of carbonyl (C=O) groups is 12. The SMILES string of the molecule is C[C@H]1NC(=O)C(Cc2ccccc2)N(C)C(=O)[C@H](C)[C@H](O)[C@H](Cc2cccnc2)NC(=O)[C@H]1NC(=O)c1ncccc1O.C[C@H]1NC(=O)C(Cc2ccccc2)NC(=O)[C@H](C)[C@H](O)[C@H](Cc2cccnc2)NC(=O)[C@H]1NC(=O)c1ncccc1O.C[C@H]1NC(=O)C(Cc2ccccc2)OC(=O)[C@H](C)[C@H](O)[C@H](Cc2cccnc2)NC(=O)[C@H]1NC(=O)c1ncccc1O. The zero-order valence-electron chi connectivity index (χ0n) is 70.5. The van der Waals surface area contributed by atoms with Crippen molar-refractivity contribution in [2.75, 3.05) is 7.05 Å². The van der Waals surface area contributed by atoms with Crippen molar-refractivity contribution in [3.8, 4) is 17.2 Å². The van der Waals surface area contributed by atoms with Crippen LogP contribution in [0.5, 0.6) is 17.2 Å². The largest absolute Gasteiger partial charge is 0.505 e. The molecular weight excluding hydrogens is 1640 g/mol. The van der Waals surface area contributed by atoms with Crippen molar-refractivity contribution in [3.63, 3.8) is 0 Å². The van der Waals surface area contributed by atoms with Gasteiger partial charge in [-0.2, -0.15) is 0 Å². The van der Waals surface area contributed by atoms with Gasteiger partial charge < -0.3 is 93.4 Å². The van der Waals surface area contributed by atoms with Crippen LogP contribution in [0.1, 0.15) is 106 Å². The summed E-state index contributed by atoms with van der Waals surface area (Å²) in [6.07, 6.45) is 8.78. The first kappa shape index (κ1) is 94.7. The molecule has 3 aromatic carbocycles. The predicted molar refractivity (Wildman–Crippen MR) is 458 cm³/mol. The number of nitrogens with zero attached hydrogens (tertiary/aromatic N) is 7. The van der Waals surface area contributed by atoms with E-state index in [0.717, 1.165) is 16.7 Å². The van der Waals surface area contributed by atoms with Crippen LogP contribution in [0, 0.1) is 17.8 Å². The van der Waals surface area contributed by atoms with Gasteiger partial charge in [0.05, 0.1) is 72.3 Å². The first-order valence-corrected chi connectivity index (χ1v) is 41.1. The molecule has 36 nitrogen and oxygen atoms in total. The number of rotatable bonds is 18. The molecule has 6 aromatic heterocycles. The number of aromatic hydroxyl groups is 3. The third-order valence-electron chi connectivity index (χ3n) is 21.9. The minimum absolute atomic E-state index is 0.0398. The van der Waals surface area contributed by atoms with Crippen LogP contribution >= 0.6 is 0 Å². The number of carbonyl (C=O) groups excluding carboxylic acids is 12. The summed E-state index contributed by atoms with van der Waals surface area (Å²) >= 11 is 0. The molecule has 0 saturated carbocycles. The number of hydrogen-bond donors (Lipinski definition) is 16. The maximum Gasteiger partial charge on any atom is 0.312 e. The normalized spacial score (nSPS) is 25.1. The highest BCUT2D eigenvalue weighted by Gasteiger charge is 2.44. The zero-order chi connectivity index (χ0) is 91.5. The highest BCUT2D eigenvalue weighted by molar-refractivity contribution is 6.01. The van der Waals surface area contributed by atoms with Crippen molar-refractivity contribution in [3.05, 3.63) is 270 Å². The number of hydrogen-bond acceptors (Lipinski definition) is 25. The van der Waals surface area contributed by atoms with Crippen LogP contribution < -0.4 is 53.2 Å². The van der Waals surface area contributed by atoms with Crippen LogP contribution in [0.3, 0.4) is 0 Å². The van der Waals surface area contributed by atoms with Gasteiger partial charge in [-0.3, -0.25) is 72.5 Å². The fraction of sp³-hybridized carbons (Fsp3) is 0.341. The lowest BCUT2D eigenvalue weighted by molar-refractivity contribution is -0.164. The van der Waals surface area contributed by atoms with E-state index in [0.29, 0.717) is 16.7 Å². The molecule has 0 spiro atoms. The number of benzene rings is 3. The number of pyridine rings is 6. The van der Waals surface area contributed by atoms with Crippen LogP contribution in [0.25, 0.3) is 0 Å². The van der Waals surface area contributed by atoms with E-state index in [1.807, 2.05) is 66.7 Å². The Kier molecular flexibility index (Phi) is 33.7. The first-order valence-electron chi connectivity index (χ1n) is 41.1. The summed E-state index contributed by atoms with van der Waals surface area (Å²) in [5.74, 6) is -12.7. The van der Waals surface area contributed by atoms with Crippen molar-refractivity contribution in [1.82, 2.24) is 88.0 Å². The summed E-state index contributed by atoms with van der Waals surface area (Å²) in [6.45, 7) is 9.08. The van der Waals surface area contributed by atoms with Gasteiger partial charge in [-0.25, -0.2) is 15.0 Å². The van der Waals surface area contributed by atoms with Crippen molar-refractivity contribution in [2.45, 2.75) is 171 Å². The van der Waals surface area contributed by atoms with Gasteiger partial charge in [0, 0.05) is 82.1 Å². The molecule has 0 bridgehead atoms. The van der Waals surface area contributed by atoms with E-state index in [1.54, 1.807) is 112 Å². The summed E-state index contributed by atoms with van der Waals surface area (Å²) in [5.41, 5.74) is 3.48. The van der Waals surface area contributed by atoms with Crippen LogP contribution in [0.15, 0.2) is 220 Å². The Morgan fingerprint density at radius 2 is 0.685 bits per heavy atom. The van der Waals surface area contributed by atoms with E-state index in [2.05, 4.69) is 83.1 Å². The molecule has 36 heteroatoms. The Morgan fingerprint density at radius 1 is 0.354 bits per heavy atom. The smallest absolute Gasteiger partial charge is 0.312 e. The molecule has 3 unspecified atom stereocenters. The van der Waals surface area contributed by atoms with Crippen LogP contribution in [-0.4, -0.2) is 234 Å². The molecule has 3 fully saturated rings. The maximum absolute atomic E-state index is 13.8. The Balaban J connectivity index is 0.000000199. The van der Waals surface area contributed by atoms with E-state index in [9.17, 15) is 88.2 Å². The number of esters is 1. The Bertz CT molecular complexity index is 5060. The highest BCUT2D eigenvalue weighted by Crippen LogP contribution is 2.25. The molecule has 3 aliphatic heterocycles. The Hall–Kier alpha value is -14.5. The van der Waals surface area contributed by atoms with E-state index in [4.69, 9.17) is 4.74 Å². The fourth-order valence-electron chi connectivity index (χ4n) is 14.5. The fourth-order valence-corrected chi connectivity index (χ4v) is 14.5. The number of aromatic nitrogens is 6. The third kappa shape index (κ3) is 26.0. The number of likely N-dealkylation sites (N-methyl/N-ethyl adjacent to an activating group) is 1. The van der Waals surface area contributed by atoms with Gasteiger partial charge in [-0.05, 0) is 135 Å². The third-order valence-corrected chi connectivity index (χ3v) is 21.9. The summed E-state index contributed by atoms with van der Waals surface area (Å²) in [5, 5.41) is 91.4. The number of nitrogens with one attached hydrogen (secondary N) is 10. The second kappa shape index (κ2) is 45.2. The van der Waals surface area contributed by atoms with Gasteiger partial charge in [-0.1, -0.05) is 123 Å². The molecule has 11 amide bonds. The Labute approximate surface area is 731 Å². The highest BCUT2D eigenvalue weighted by atomic mass is 16.5. The number of cyclic esters (lactones) is 1. The number of amides is 11. The molecule has 16 N–H and O–H groups in total.